The van der Waals surface area contributed by atoms with Crippen LogP contribution in [0.2, 0.25) is 0 Å². The van der Waals surface area contributed by atoms with Gasteiger partial charge in [0.25, 0.3) is 0 Å². The van der Waals surface area contributed by atoms with Crippen LogP contribution in [0.25, 0.3) is 93.9 Å². The molecule has 0 aliphatic heterocycles. The number of fused-ring (bicyclic) bond motifs is 9. The minimum absolute atomic E-state index is 0.558. The van der Waals surface area contributed by atoms with Crippen molar-refractivity contribution < 1.29 is 4.42 Å². The van der Waals surface area contributed by atoms with Crippen LogP contribution in [0.1, 0.15) is 0 Å². The number of hydrogen-bond donors (Lipinski definition) is 0. The Bertz CT molecular complexity index is 2740. The topological polar surface area (TPSA) is 43.3 Å². The quantitative estimate of drug-likeness (QED) is 0.193. The predicted octanol–water partition coefficient (Wildman–Crippen LogP) is 11.1. The van der Waals surface area contributed by atoms with Gasteiger partial charge in [0.2, 0.25) is 0 Å². The van der Waals surface area contributed by atoms with Gasteiger partial charge in [0, 0.05) is 22.1 Å². The van der Waals surface area contributed by atoms with Gasteiger partial charge in [0.15, 0.2) is 5.58 Å². The van der Waals surface area contributed by atoms with Gasteiger partial charge in [0.1, 0.15) is 11.0 Å². The van der Waals surface area contributed by atoms with E-state index in [4.69, 9.17) is 14.4 Å². The molecule has 0 unspecified atom stereocenters. The Morgan fingerprint density at radius 3 is 1.70 bits per heavy atom. The van der Waals surface area contributed by atoms with Crippen LogP contribution in [0.5, 0.6) is 0 Å². The van der Waals surface area contributed by atoms with Crippen molar-refractivity contribution in [1.29, 1.82) is 0 Å². The van der Waals surface area contributed by atoms with E-state index in [0.29, 0.717) is 5.84 Å². The molecule has 0 radical (unpaired) electrons. The normalized spacial score (nSPS) is 11.9. The average Bonchev–Trinajstić information content (AvgIpc) is 3.68. The highest BCUT2D eigenvalue weighted by molar-refractivity contribution is 6.23. The summed E-state index contributed by atoms with van der Waals surface area (Å²) in [5.74, 6) is 0.558. The van der Waals surface area contributed by atoms with E-state index >= 15 is 0 Å². The maximum Gasteiger partial charge on any atom is 0.308 e. The van der Waals surface area contributed by atoms with Gasteiger partial charge >= 0.3 is 5.84 Å². The number of rotatable bonds is 3. The minimum atomic E-state index is 0.558. The maximum absolute atomic E-state index is 6.80. The summed E-state index contributed by atoms with van der Waals surface area (Å²) in [4.78, 5) is 10.3. The molecule has 3 aromatic heterocycles. The third-order valence-corrected chi connectivity index (χ3v) is 9.20. The summed E-state index contributed by atoms with van der Waals surface area (Å²) in [6, 6.07) is 53.1. The fourth-order valence-corrected chi connectivity index (χ4v) is 7.27. The van der Waals surface area contributed by atoms with Gasteiger partial charge in [-0.3, -0.25) is 4.40 Å². The number of benzene rings is 7. The van der Waals surface area contributed by atoms with Crippen molar-refractivity contribution in [2.45, 2.75) is 0 Å². The van der Waals surface area contributed by atoms with Crippen molar-refractivity contribution >= 4 is 60.4 Å². The molecule has 0 atom stereocenters. The summed E-state index contributed by atoms with van der Waals surface area (Å²) in [5.41, 5.74) is 11.1. The van der Waals surface area contributed by atoms with Gasteiger partial charge in [-0.2, -0.15) is 4.98 Å². The van der Waals surface area contributed by atoms with E-state index in [1.807, 2.05) is 24.3 Å². The standard InChI is InChI=1S/C42H25N3O/c1-3-14-26(15-4-1)36-28-18-7-9-20-30(28)37(31-21-10-8-19-29(31)36)33-23-13-25-35-41(33)46-42-44-39-32-22-11-12-24-34(32)43-38(40(39)45(35)42)27-16-5-2-6-17-27/h1-25H. The first-order valence-corrected chi connectivity index (χ1v) is 15.5. The molecule has 0 fully saturated rings. The Balaban J connectivity index is 1.34. The van der Waals surface area contributed by atoms with Crippen molar-refractivity contribution in [3.63, 3.8) is 0 Å². The molecule has 10 rings (SSSR count). The Morgan fingerprint density at radius 2 is 1.02 bits per heavy atom. The van der Waals surface area contributed by atoms with E-state index in [-0.39, 0.29) is 0 Å². The molecule has 214 valence electrons. The first-order chi connectivity index (χ1) is 22.8. The molecule has 0 N–H and O–H groups in total. The molecule has 3 heterocycles. The van der Waals surface area contributed by atoms with Crippen LogP contribution in [0.15, 0.2) is 156 Å². The Kier molecular flexibility index (Phi) is 5.25. The van der Waals surface area contributed by atoms with Gasteiger partial charge < -0.3 is 4.42 Å². The summed E-state index contributed by atoms with van der Waals surface area (Å²) in [7, 11) is 0. The largest absolute Gasteiger partial charge is 0.422 e. The van der Waals surface area contributed by atoms with Crippen molar-refractivity contribution in [1.82, 2.24) is 14.4 Å². The smallest absolute Gasteiger partial charge is 0.308 e. The molecule has 4 nitrogen and oxygen atoms in total. The first-order valence-electron chi connectivity index (χ1n) is 15.5. The number of oxazole rings is 1. The van der Waals surface area contributed by atoms with Crippen LogP contribution in [-0.2, 0) is 0 Å². The number of para-hydroxylation sites is 2. The van der Waals surface area contributed by atoms with E-state index in [1.165, 1.54) is 32.7 Å². The molecule has 0 spiro atoms. The van der Waals surface area contributed by atoms with Crippen LogP contribution in [0.3, 0.4) is 0 Å². The van der Waals surface area contributed by atoms with Crippen molar-refractivity contribution in [2.24, 2.45) is 0 Å². The van der Waals surface area contributed by atoms with Crippen molar-refractivity contribution in [3.8, 4) is 33.5 Å². The average molecular weight is 588 g/mol. The molecule has 0 bridgehead atoms. The second-order valence-corrected chi connectivity index (χ2v) is 11.7. The minimum Gasteiger partial charge on any atom is -0.422 e. The number of aromatic nitrogens is 3. The Hall–Kier alpha value is -6.26. The monoisotopic (exact) mass is 587 g/mol. The molecule has 0 saturated heterocycles. The van der Waals surface area contributed by atoms with E-state index in [1.54, 1.807) is 0 Å². The molecule has 0 amide bonds. The molecular formula is C42H25N3O. The Labute approximate surface area is 263 Å². The molecule has 46 heavy (non-hydrogen) atoms. The van der Waals surface area contributed by atoms with Gasteiger partial charge in [0.05, 0.1) is 16.7 Å². The predicted molar refractivity (Wildman–Crippen MR) is 189 cm³/mol. The molecule has 4 heteroatoms. The number of hydrogen-bond acceptors (Lipinski definition) is 3. The third-order valence-electron chi connectivity index (χ3n) is 9.20. The SMILES string of the molecule is c1ccc(-c2c3ccccc3c(-c3cccc4c3oc3nc5c6ccccc6nc(-c6ccccc6)c5n34)c3ccccc23)cc1. The van der Waals surface area contributed by atoms with E-state index in [2.05, 4.69) is 132 Å². The fraction of sp³-hybridized carbons (Fsp3) is 0. The molecule has 7 aromatic carbocycles. The van der Waals surface area contributed by atoms with Crippen LogP contribution < -0.4 is 0 Å². The lowest BCUT2D eigenvalue weighted by molar-refractivity contribution is 0.644. The fourth-order valence-electron chi connectivity index (χ4n) is 7.27. The number of nitrogens with zero attached hydrogens (tertiary/aromatic N) is 3. The van der Waals surface area contributed by atoms with Gasteiger partial charge in [-0.05, 0) is 44.8 Å². The second kappa shape index (κ2) is 9.62. The van der Waals surface area contributed by atoms with E-state index in [9.17, 15) is 0 Å². The lowest BCUT2D eigenvalue weighted by Gasteiger charge is -2.17. The summed E-state index contributed by atoms with van der Waals surface area (Å²) >= 11 is 0. The summed E-state index contributed by atoms with van der Waals surface area (Å²) in [5, 5.41) is 5.80. The van der Waals surface area contributed by atoms with Crippen LogP contribution in [0, 0.1) is 0 Å². The van der Waals surface area contributed by atoms with Crippen molar-refractivity contribution in [3.05, 3.63) is 152 Å². The van der Waals surface area contributed by atoms with Crippen molar-refractivity contribution in [2.75, 3.05) is 0 Å². The van der Waals surface area contributed by atoms with Crippen LogP contribution in [-0.4, -0.2) is 14.4 Å². The lowest BCUT2D eigenvalue weighted by Crippen LogP contribution is -1.93. The maximum atomic E-state index is 6.80. The van der Waals surface area contributed by atoms with E-state index < -0.39 is 0 Å². The highest BCUT2D eigenvalue weighted by Crippen LogP contribution is 2.46. The molecule has 0 aliphatic rings. The lowest BCUT2D eigenvalue weighted by atomic mass is 9.86. The highest BCUT2D eigenvalue weighted by Gasteiger charge is 2.24. The summed E-state index contributed by atoms with van der Waals surface area (Å²) < 4.78 is 8.95. The van der Waals surface area contributed by atoms with Crippen LogP contribution >= 0.6 is 0 Å². The highest BCUT2D eigenvalue weighted by atomic mass is 16.4. The first kappa shape index (κ1) is 25.1. The number of imidazole rings is 1. The second-order valence-electron chi connectivity index (χ2n) is 11.7. The molecule has 0 aliphatic carbocycles. The summed E-state index contributed by atoms with van der Waals surface area (Å²) in [6.07, 6.45) is 0. The zero-order valence-electron chi connectivity index (χ0n) is 24.7. The molecular weight excluding hydrogens is 562 g/mol. The van der Waals surface area contributed by atoms with Gasteiger partial charge in [-0.25, -0.2) is 4.98 Å². The van der Waals surface area contributed by atoms with Gasteiger partial charge in [-0.15, -0.1) is 0 Å². The molecule has 0 saturated carbocycles. The number of pyridine rings is 1. The zero-order chi connectivity index (χ0) is 30.2. The summed E-state index contributed by atoms with van der Waals surface area (Å²) in [6.45, 7) is 0. The Morgan fingerprint density at radius 1 is 0.457 bits per heavy atom. The third kappa shape index (κ3) is 3.49. The van der Waals surface area contributed by atoms with Gasteiger partial charge in [-0.1, -0.05) is 140 Å². The molecule has 10 aromatic rings. The van der Waals surface area contributed by atoms with E-state index in [0.717, 1.165) is 55.4 Å². The van der Waals surface area contributed by atoms with Crippen LogP contribution in [0.4, 0.5) is 0 Å². The zero-order valence-corrected chi connectivity index (χ0v) is 24.7.